The second-order valence-corrected chi connectivity index (χ2v) is 5.08. The first-order valence-corrected chi connectivity index (χ1v) is 6.66. The van der Waals surface area contributed by atoms with Crippen LogP contribution in [0.2, 0.25) is 0 Å². The minimum atomic E-state index is 0.299. The lowest BCUT2D eigenvalue weighted by molar-refractivity contribution is 0.475. The third-order valence-corrected chi connectivity index (χ3v) is 3.84. The topological polar surface area (TPSA) is 20.2 Å². The van der Waals surface area contributed by atoms with Crippen LogP contribution in [0.3, 0.4) is 0 Å². The highest BCUT2D eigenvalue weighted by Crippen LogP contribution is 2.27. The highest BCUT2D eigenvalue weighted by Gasteiger charge is 2.05. The summed E-state index contributed by atoms with van der Waals surface area (Å²) in [6, 6.07) is 19.8. The lowest BCUT2D eigenvalue weighted by Crippen LogP contribution is -1.90. The summed E-state index contributed by atoms with van der Waals surface area (Å²) in [4.78, 5) is 1.03. The second-order valence-electron chi connectivity index (χ2n) is 4.64. The Morgan fingerprint density at radius 3 is 2.37 bits per heavy atom. The van der Waals surface area contributed by atoms with Crippen molar-refractivity contribution >= 4 is 23.4 Å². The molecule has 0 heterocycles. The maximum atomic E-state index is 9.30. The van der Waals surface area contributed by atoms with Crippen molar-refractivity contribution in [3.8, 4) is 5.75 Å². The number of fused-ring (bicyclic) bond motifs is 1. The SMILES string of the molecule is Oc1ccc(Cc2ccc3ccccc3c2S)cc1. The maximum Gasteiger partial charge on any atom is 0.115 e. The summed E-state index contributed by atoms with van der Waals surface area (Å²) >= 11 is 4.67. The predicted octanol–water partition coefficient (Wildman–Crippen LogP) is 4.42. The molecule has 0 bridgehead atoms. The molecular weight excluding hydrogens is 252 g/mol. The van der Waals surface area contributed by atoms with Gasteiger partial charge in [0.25, 0.3) is 0 Å². The smallest absolute Gasteiger partial charge is 0.115 e. The van der Waals surface area contributed by atoms with Gasteiger partial charge in [0, 0.05) is 4.90 Å². The van der Waals surface area contributed by atoms with Gasteiger partial charge in [0.1, 0.15) is 5.75 Å². The van der Waals surface area contributed by atoms with Gasteiger partial charge in [-0.05, 0) is 40.5 Å². The third-order valence-electron chi connectivity index (χ3n) is 3.32. The minimum Gasteiger partial charge on any atom is -0.508 e. The van der Waals surface area contributed by atoms with Crippen LogP contribution in [-0.2, 0) is 6.42 Å². The van der Waals surface area contributed by atoms with Gasteiger partial charge in [-0.2, -0.15) is 0 Å². The summed E-state index contributed by atoms with van der Waals surface area (Å²) in [6.07, 6.45) is 0.823. The maximum absolute atomic E-state index is 9.30. The van der Waals surface area contributed by atoms with E-state index < -0.39 is 0 Å². The van der Waals surface area contributed by atoms with Crippen LogP contribution in [0.25, 0.3) is 10.8 Å². The number of rotatable bonds is 2. The molecular formula is C17H14OS. The van der Waals surface area contributed by atoms with Crippen LogP contribution in [0.5, 0.6) is 5.75 Å². The molecule has 0 aliphatic rings. The Hall–Kier alpha value is -1.93. The van der Waals surface area contributed by atoms with Crippen molar-refractivity contribution in [1.82, 2.24) is 0 Å². The van der Waals surface area contributed by atoms with Crippen LogP contribution in [0.1, 0.15) is 11.1 Å². The lowest BCUT2D eigenvalue weighted by Gasteiger charge is -2.09. The summed E-state index contributed by atoms with van der Waals surface area (Å²) in [6.45, 7) is 0. The molecule has 0 saturated carbocycles. The van der Waals surface area contributed by atoms with Gasteiger partial charge in [0.2, 0.25) is 0 Å². The quantitative estimate of drug-likeness (QED) is 0.658. The van der Waals surface area contributed by atoms with Crippen molar-refractivity contribution in [3.63, 3.8) is 0 Å². The molecule has 0 amide bonds. The highest BCUT2D eigenvalue weighted by atomic mass is 32.1. The molecule has 3 aromatic rings. The Morgan fingerprint density at radius 2 is 1.58 bits per heavy atom. The fourth-order valence-electron chi connectivity index (χ4n) is 2.28. The van der Waals surface area contributed by atoms with Crippen LogP contribution in [0.4, 0.5) is 0 Å². The normalized spacial score (nSPS) is 10.8. The Balaban J connectivity index is 2.01. The van der Waals surface area contributed by atoms with Crippen molar-refractivity contribution in [2.45, 2.75) is 11.3 Å². The lowest BCUT2D eigenvalue weighted by atomic mass is 10.0. The van der Waals surface area contributed by atoms with E-state index in [4.69, 9.17) is 0 Å². The van der Waals surface area contributed by atoms with Crippen molar-refractivity contribution in [3.05, 3.63) is 71.8 Å². The average molecular weight is 266 g/mol. The van der Waals surface area contributed by atoms with Crippen molar-refractivity contribution in [1.29, 1.82) is 0 Å². The number of phenolic OH excluding ortho intramolecular Hbond substituents is 1. The zero-order valence-corrected chi connectivity index (χ0v) is 11.3. The first kappa shape index (κ1) is 12.1. The van der Waals surface area contributed by atoms with Crippen LogP contribution in [0, 0.1) is 0 Å². The molecule has 1 N–H and O–H groups in total. The van der Waals surface area contributed by atoms with Crippen molar-refractivity contribution < 1.29 is 5.11 Å². The van der Waals surface area contributed by atoms with Gasteiger partial charge in [0.15, 0.2) is 0 Å². The van der Waals surface area contributed by atoms with E-state index in [-0.39, 0.29) is 0 Å². The van der Waals surface area contributed by atoms with Gasteiger partial charge in [-0.3, -0.25) is 0 Å². The van der Waals surface area contributed by atoms with E-state index in [1.54, 1.807) is 12.1 Å². The number of aromatic hydroxyl groups is 1. The van der Waals surface area contributed by atoms with Crippen LogP contribution in [0.15, 0.2) is 65.6 Å². The fourth-order valence-corrected chi connectivity index (χ4v) is 2.63. The largest absolute Gasteiger partial charge is 0.508 e. The van der Waals surface area contributed by atoms with E-state index in [9.17, 15) is 5.11 Å². The average Bonchev–Trinajstić information content (AvgIpc) is 2.45. The standard InChI is InChI=1S/C17H14OS/c18-15-9-5-12(6-10-15)11-14-8-7-13-3-1-2-4-16(13)17(14)19/h1-10,18-19H,11H2. The summed E-state index contributed by atoms with van der Waals surface area (Å²) in [5.41, 5.74) is 2.37. The summed E-state index contributed by atoms with van der Waals surface area (Å²) < 4.78 is 0. The molecule has 2 heteroatoms. The van der Waals surface area contributed by atoms with Crippen LogP contribution >= 0.6 is 12.6 Å². The van der Waals surface area contributed by atoms with Gasteiger partial charge >= 0.3 is 0 Å². The van der Waals surface area contributed by atoms with E-state index in [1.807, 2.05) is 24.3 Å². The Morgan fingerprint density at radius 1 is 0.842 bits per heavy atom. The molecule has 3 rings (SSSR count). The zero-order valence-electron chi connectivity index (χ0n) is 10.4. The first-order valence-electron chi connectivity index (χ1n) is 6.21. The number of phenols is 1. The molecule has 19 heavy (non-hydrogen) atoms. The predicted molar refractivity (Wildman–Crippen MR) is 82.1 cm³/mol. The number of thiol groups is 1. The third kappa shape index (κ3) is 2.45. The molecule has 0 saturated heterocycles. The van der Waals surface area contributed by atoms with Gasteiger partial charge in [-0.25, -0.2) is 0 Å². The zero-order chi connectivity index (χ0) is 13.2. The molecule has 94 valence electrons. The second kappa shape index (κ2) is 4.98. The fraction of sp³-hybridized carbons (Fsp3) is 0.0588. The van der Waals surface area contributed by atoms with Gasteiger partial charge < -0.3 is 5.11 Å². The number of hydrogen-bond donors (Lipinski definition) is 2. The Labute approximate surface area is 117 Å². The molecule has 0 aliphatic heterocycles. The molecule has 0 atom stereocenters. The monoisotopic (exact) mass is 266 g/mol. The number of benzene rings is 3. The first-order chi connectivity index (χ1) is 9.24. The molecule has 0 aliphatic carbocycles. The Bertz CT molecular complexity index is 717. The van der Waals surface area contributed by atoms with E-state index in [2.05, 4.69) is 36.9 Å². The van der Waals surface area contributed by atoms with Crippen molar-refractivity contribution in [2.24, 2.45) is 0 Å². The van der Waals surface area contributed by atoms with Gasteiger partial charge in [0.05, 0.1) is 0 Å². The molecule has 1 nitrogen and oxygen atoms in total. The molecule has 0 unspecified atom stereocenters. The van der Waals surface area contributed by atoms with E-state index in [0.29, 0.717) is 5.75 Å². The van der Waals surface area contributed by atoms with Crippen LogP contribution in [-0.4, -0.2) is 5.11 Å². The molecule has 3 aromatic carbocycles. The molecule has 0 aromatic heterocycles. The summed E-state index contributed by atoms with van der Waals surface area (Å²) in [7, 11) is 0. The van der Waals surface area contributed by atoms with E-state index in [1.165, 1.54) is 21.9 Å². The van der Waals surface area contributed by atoms with Crippen LogP contribution < -0.4 is 0 Å². The van der Waals surface area contributed by atoms with Crippen molar-refractivity contribution in [2.75, 3.05) is 0 Å². The van der Waals surface area contributed by atoms with Gasteiger partial charge in [-0.15, -0.1) is 12.6 Å². The summed E-state index contributed by atoms with van der Waals surface area (Å²) in [5.74, 6) is 0.299. The molecule has 0 radical (unpaired) electrons. The molecule has 0 spiro atoms. The van der Waals surface area contributed by atoms with E-state index >= 15 is 0 Å². The highest BCUT2D eigenvalue weighted by molar-refractivity contribution is 7.80. The summed E-state index contributed by atoms with van der Waals surface area (Å²) in [5, 5.41) is 11.7. The Kier molecular flexibility index (Phi) is 3.18. The number of hydrogen-bond acceptors (Lipinski definition) is 2. The molecule has 0 fully saturated rings. The van der Waals surface area contributed by atoms with E-state index in [0.717, 1.165) is 11.3 Å². The van der Waals surface area contributed by atoms with Gasteiger partial charge in [-0.1, -0.05) is 48.5 Å². The minimum absolute atomic E-state index is 0.299.